The van der Waals surface area contributed by atoms with Gasteiger partial charge in [0.25, 0.3) is 0 Å². The first-order chi connectivity index (χ1) is 24.2. The number of rotatable bonds is 7. The van der Waals surface area contributed by atoms with Crippen LogP contribution < -0.4 is 5.43 Å². The summed E-state index contributed by atoms with van der Waals surface area (Å²) in [7, 11) is 0. The van der Waals surface area contributed by atoms with E-state index in [0.29, 0.717) is 5.56 Å². The van der Waals surface area contributed by atoms with Crippen molar-refractivity contribution in [1.82, 2.24) is 0 Å². The highest BCUT2D eigenvalue weighted by Gasteiger charge is 2.43. The molecule has 0 bridgehead atoms. The lowest BCUT2D eigenvalue weighted by Crippen LogP contribution is -2.31. The highest BCUT2D eigenvalue weighted by Crippen LogP contribution is 2.54. The van der Waals surface area contributed by atoms with Crippen LogP contribution in [0.3, 0.4) is 0 Å². The number of hydrogen-bond acceptors (Lipinski definition) is 11. The molecule has 6 rings (SSSR count). The summed E-state index contributed by atoms with van der Waals surface area (Å²) in [5.41, 5.74) is 0.906. The van der Waals surface area contributed by atoms with E-state index in [1.54, 1.807) is 19.1 Å². The van der Waals surface area contributed by atoms with Crippen LogP contribution in [0.1, 0.15) is 66.1 Å². The van der Waals surface area contributed by atoms with Gasteiger partial charge in [-0.3, -0.25) is 9.59 Å². The molecule has 4 aromatic carbocycles. The first-order valence-electron chi connectivity index (χ1n) is 16.1. The molecule has 8 N–H and O–H groups in total. The van der Waals surface area contributed by atoms with Gasteiger partial charge in [-0.25, -0.2) is 0 Å². The number of hydrogen-bond donors (Lipinski definition) is 8. The van der Waals surface area contributed by atoms with E-state index in [1.807, 2.05) is 13.8 Å². The van der Waals surface area contributed by atoms with Gasteiger partial charge in [0.2, 0.25) is 5.43 Å². The monoisotopic (exact) mass is 692 g/mol. The van der Waals surface area contributed by atoms with E-state index in [-0.39, 0.29) is 74.8 Å². The van der Waals surface area contributed by atoms with E-state index in [2.05, 4.69) is 0 Å². The first kappa shape index (κ1) is 34.5. The van der Waals surface area contributed by atoms with E-state index in [0.717, 1.165) is 35.4 Å². The lowest BCUT2D eigenvalue weighted by atomic mass is 9.65. The first-order valence-corrected chi connectivity index (χ1v) is 16.1. The van der Waals surface area contributed by atoms with Gasteiger partial charge < -0.3 is 45.3 Å². The van der Waals surface area contributed by atoms with Crippen LogP contribution in [0.4, 0.5) is 0 Å². The Bertz CT molecular complexity index is 2340. The zero-order valence-electron chi connectivity index (χ0n) is 27.9. The maximum absolute atomic E-state index is 14.5. The van der Waals surface area contributed by atoms with Crippen LogP contribution in [-0.4, -0.2) is 46.6 Å². The molecule has 1 heterocycles. The Labute approximate surface area is 291 Å². The standard InChI is InChI=1S/C40H36O11/c1-18(2)4-7-25-39(50)36-32(47)16-22(43)17-33(36)51-40(25)26-10-11-29(44)35(38(26)49)28-13-19(3)12-27(23-8-5-20(41)14-30(23)45)34(28)37(48)24-9-6-21(42)15-31(24)46/h4-6,8-11,13-17,27-28,34,41-47,49H,7,12H2,1-3H3/t27-,28-,34-/m1/s1. The second kappa shape index (κ2) is 13.2. The summed E-state index contributed by atoms with van der Waals surface area (Å²) in [5.74, 6) is -6.90. The van der Waals surface area contributed by atoms with Crippen molar-refractivity contribution in [1.29, 1.82) is 0 Å². The van der Waals surface area contributed by atoms with Crippen molar-refractivity contribution in [3.63, 3.8) is 0 Å². The molecule has 0 unspecified atom stereocenters. The van der Waals surface area contributed by atoms with Gasteiger partial charge in [-0.2, -0.15) is 0 Å². The molecular weight excluding hydrogens is 656 g/mol. The topological polar surface area (TPSA) is 209 Å². The minimum atomic E-state index is -1.19. The second-order valence-electron chi connectivity index (χ2n) is 13.1. The number of aromatic hydroxyl groups is 8. The van der Waals surface area contributed by atoms with Crippen molar-refractivity contribution in [2.45, 2.75) is 45.4 Å². The van der Waals surface area contributed by atoms with Crippen molar-refractivity contribution in [3.8, 4) is 57.3 Å². The van der Waals surface area contributed by atoms with Crippen molar-refractivity contribution in [2.75, 3.05) is 0 Å². The van der Waals surface area contributed by atoms with E-state index >= 15 is 0 Å². The van der Waals surface area contributed by atoms with Crippen molar-refractivity contribution < 1.29 is 50.1 Å². The zero-order valence-corrected chi connectivity index (χ0v) is 27.9. The van der Waals surface area contributed by atoms with Crippen molar-refractivity contribution in [3.05, 3.63) is 116 Å². The van der Waals surface area contributed by atoms with Crippen LogP contribution in [-0.2, 0) is 6.42 Å². The molecule has 1 aliphatic rings. The van der Waals surface area contributed by atoms with Crippen molar-refractivity contribution >= 4 is 16.8 Å². The molecule has 11 nitrogen and oxygen atoms in total. The van der Waals surface area contributed by atoms with Crippen molar-refractivity contribution in [2.24, 2.45) is 5.92 Å². The summed E-state index contributed by atoms with van der Waals surface area (Å²) in [6.45, 7) is 5.45. The summed E-state index contributed by atoms with van der Waals surface area (Å²) in [5, 5.41) is 85.8. The number of benzene rings is 4. The number of phenolic OH excluding ortho intramolecular Hbond substituents is 8. The summed E-state index contributed by atoms with van der Waals surface area (Å²) < 4.78 is 6.14. The number of allylic oxidation sites excluding steroid dienone is 4. The van der Waals surface area contributed by atoms with Gasteiger partial charge in [0.05, 0.1) is 11.1 Å². The molecule has 1 aliphatic carbocycles. The highest BCUT2D eigenvalue weighted by molar-refractivity contribution is 6.02. The van der Waals surface area contributed by atoms with Gasteiger partial charge in [0, 0.05) is 53.1 Å². The Morgan fingerprint density at radius 3 is 2.14 bits per heavy atom. The molecule has 0 saturated carbocycles. The van der Waals surface area contributed by atoms with Crippen LogP contribution in [0.2, 0.25) is 0 Å². The molecular formula is C40H36O11. The third-order valence-corrected chi connectivity index (χ3v) is 9.33. The molecule has 11 heteroatoms. The minimum absolute atomic E-state index is 0.0267. The minimum Gasteiger partial charge on any atom is -0.508 e. The summed E-state index contributed by atoms with van der Waals surface area (Å²) in [4.78, 5) is 28.4. The van der Waals surface area contributed by atoms with Crippen LogP contribution >= 0.6 is 0 Å². The fourth-order valence-corrected chi connectivity index (χ4v) is 7.01. The van der Waals surface area contributed by atoms with Gasteiger partial charge in [-0.1, -0.05) is 29.4 Å². The van der Waals surface area contributed by atoms with Gasteiger partial charge in [0.15, 0.2) is 5.78 Å². The lowest BCUT2D eigenvalue weighted by Gasteiger charge is -2.37. The number of ketones is 1. The van der Waals surface area contributed by atoms with Crippen LogP contribution in [0.5, 0.6) is 46.0 Å². The Morgan fingerprint density at radius 1 is 0.804 bits per heavy atom. The maximum atomic E-state index is 14.5. The quantitative estimate of drug-likeness (QED) is 0.0625. The van der Waals surface area contributed by atoms with E-state index in [1.165, 1.54) is 36.4 Å². The normalized spacial score (nSPS) is 17.2. The van der Waals surface area contributed by atoms with Crippen LogP contribution in [0.25, 0.3) is 22.3 Å². The van der Waals surface area contributed by atoms with Gasteiger partial charge in [-0.05, 0) is 69.5 Å². The van der Waals surface area contributed by atoms with Crippen LogP contribution in [0, 0.1) is 5.92 Å². The molecule has 262 valence electrons. The molecule has 0 radical (unpaired) electrons. The fourth-order valence-electron chi connectivity index (χ4n) is 7.01. The maximum Gasteiger partial charge on any atom is 0.200 e. The zero-order chi connectivity index (χ0) is 36.9. The highest BCUT2D eigenvalue weighted by atomic mass is 16.3. The average molecular weight is 693 g/mol. The fraction of sp³-hybridized carbons (Fsp3) is 0.200. The number of Topliss-reactive ketones (excluding diaryl/α,β-unsaturated/α-hetero) is 1. The SMILES string of the molecule is CC(C)=CCc1c(-c2ccc(O)c([C@@H]3C=C(C)C[C@H](c4ccc(O)cc4O)[C@H]3C(=O)c3ccc(O)cc3O)c2O)oc2cc(O)cc(O)c2c1=O. The second-order valence-corrected chi connectivity index (χ2v) is 13.1. The molecule has 0 aliphatic heterocycles. The number of carbonyl (C=O) groups excluding carboxylic acids is 1. The molecule has 0 amide bonds. The Morgan fingerprint density at radius 2 is 1.47 bits per heavy atom. The molecule has 0 spiro atoms. The third kappa shape index (κ3) is 6.29. The molecule has 1 aromatic heterocycles. The number of phenols is 8. The average Bonchev–Trinajstić information content (AvgIpc) is 3.03. The summed E-state index contributed by atoms with van der Waals surface area (Å²) in [6.07, 6.45) is 3.74. The molecule has 0 fully saturated rings. The number of fused-ring (bicyclic) bond motifs is 1. The van der Waals surface area contributed by atoms with Gasteiger partial charge >= 0.3 is 0 Å². The van der Waals surface area contributed by atoms with Gasteiger partial charge in [0.1, 0.15) is 62.7 Å². The molecule has 3 atom stereocenters. The molecule has 51 heavy (non-hydrogen) atoms. The lowest BCUT2D eigenvalue weighted by molar-refractivity contribution is 0.0876. The van der Waals surface area contributed by atoms with E-state index < -0.39 is 52.0 Å². The van der Waals surface area contributed by atoms with Gasteiger partial charge in [-0.15, -0.1) is 0 Å². The van der Waals surface area contributed by atoms with Crippen LogP contribution in [0.15, 0.2) is 93.2 Å². The Balaban J connectivity index is 1.62. The number of carbonyl (C=O) groups is 1. The molecule has 5 aromatic rings. The Kier molecular flexibility index (Phi) is 8.90. The smallest absolute Gasteiger partial charge is 0.200 e. The largest absolute Gasteiger partial charge is 0.508 e. The predicted molar refractivity (Wildman–Crippen MR) is 189 cm³/mol. The molecule has 0 saturated heterocycles. The van der Waals surface area contributed by atoms with E-state index in [9.17, 15) is 50.4 Å². The Hall–Kier alpha value is -6.36. The summed E-state index contributed by atoms with van der Waals surface area (Å²) >= 11 is 0. The third-order valence-electron chi connectivity index (χ3n) is 9.33. The van der Waals surface area contributed by atoms with E-state index in [4.69, 9.17) is 4.42 Å². The summed E-state index contributed by atoms with van der Waals surface area (Å²) in [6, 6.07) is 12.3. The predicted octanol–water partition coefficient (Wildman–Crippen LogP) is 7.33.